The minimum Gasteiger partial charge on any atom is -0.367 e. The van der Waals surface area contributed by atoms with Crippen LogP contribution in [0.1, 0.15) is 26.3 Å². The first kappa shape index (κ1) is 12.5. The molecule has 1 heterocycles. The summed E-state index contributed by atoms with van der Waals surface area (Å²) in [6.07, 6.45) is 3.87. The van der Waals surface area contributed by atoms with Crippen molar-refractivity contribution in [2.24, 2.45) is 0 Å². The van der Waals surface area contributed by atoms with Crippen molar-refractivity contribution in [3.63, 3.8) is 0 Å². The average Bonchev–Trinajstić information content (AvgIpc) is 2.63. The van der Waals surface area contributed by atoms with Crippen LogP contribution >= 0.6 is 0 Å². The van der Waals surface area contributed by atoms with Crippen LogP contribution in [-0.4, -0.2) is 26.2 Å². The summed E-state index contributed by atoms with van der Waals surface area (Å²) in [6, 6.07) is 2.04. The fraction of sp³-hybridized carbons (Fsp3) is 0.636. The summed E-state index contributed by atoms with van der Waals surface area (Å²) in [5.74, 6) is 0.716. The van der Waals surface area contributed by atoms with Crippen LogP contribution in [0, 0.1) is 0 Å². The summed E-state index contributed by atoms with van der Waals surface area (Å²) in [4.78, 5) is 3.00. The molecule has 0 saturated carbocycles. The second-order valence-electron chi connectivity index (χ2n) is 4.56. The first-order valence-electron chi connectivity index (χ1n) is 5.21. The number of H-pyrrole nitrogens is 1. The number of rotatable bonds is 5. The van der Waals surface area contributed by atoms with Crippen molar-refractivity contribution < 1.29 is 4.21 Å². The first-order chi connectivity index (χ1) is 7.00. The summed E-state index contributed by atoms with van der Waals surface area (Å²) in [5.41, 5.74) is 1.23. The Labute approximate surface area is 94.1 Å². The van der Waals surface area contributed by atoms with Gasteiger partial charge in [0.1, 0.15) is 0 Å². The highest BCUT2D eigenvalue weighted by Crippen LogP contribution is 2.10. The van der Waals surface area contributed by atoms with E-state index in [0.717, 1.165) is 13.1 Å². The summed E-state index contributed by atoms with van der Waals surface area (Å²) in [5, 5.41) is 3.28. The Morgan fingerprint density at radius 2 is 2.20 bits per heavy atom. The van der Waals surface area contributed by atoms with Gasteiger partial charge in [-0.3, -0.25) is 4.21 Å². The van der Waals surface area contributed by atoms with Crippen LogP contribution in [0.15, 0.2) is 18.5 Å². The predicted octanol–water partition coefficient (Wildman–Crippen LogP) is 1.65. The van der Waals surface area contributed by atoms with Gasteiger partial charge in [0.2, 0.25) is 0 Å². The van der Waals surface area contributed by atoms with E-state index in [4.69, 9.17) is 0 Å². The van der Waals surface area contributed by atoms with Gasteiger partial charge >= 0.3 is 0 Å². The van der Waals surface area contributed by atoms with Crippen molar-refractivity contribution in [3.05, 3.63) is 24.0 Å². The molecule has 0 bridgehead atoms. The second kappa shape index (κ2) is 5.47. The van der Waals surface area contributed by atoms with Gasteiger partial charge in [0.25, 0.3) is 0 Å². The standard InChI is InChI=1S/C11H20N2OS/c1-11(2,3)15(14)7-6-13-9-10-4-5-12-8-10/h4-5,8,12-13H,6-7,9H2,1-3H3. The molecule has 0 saturated heterocycles. The molecular formula is C11H20N2OS. The Balaban J connectivity index is 2.15. The van der Waals surface area contributed by atoms with Gasteiger partial charge in [-0.05, 0) is 32.4 Å². The molecule has 1 rings (SSSR count). The highest BCUT2D eigenvalue weighted by molar-refractivity contribution is 7.86. The van der Waals surface area contributed by atoms with Crippen molar-refractivity contribution in [3.8, 4) is 0 Å². The number of nitrogens with one attached hydrogen (secondary N) is 2. The molecule has 0 fully saturated rings. The maximum atomic E-state index is 11.7. The lowest BCUT2D eigenvalue weighted by Gasteiger charge is -2.17. The molecule has 1 aromatic rings. The third kappa shape index (κ3) is 4.62. The molecule has 86 valence electrons. The van der Waals surface area contributed by atoms with E-state index in [0.29, 0.717) is 5.75 Å². The summed E-state index contributed by atoms with van der Waals surface area (Å²) >= 11 is 0. The van der Waals surface area contributed by atoms with E-state index in [1.54, 1.807) is 0 Å². The van der Waals surface area contributed by atoms with E-state index < -0.39 is 10.8 Å². The van der Waals surface area contributed by atoms with Crippen molar-refractivity contribution in [2.45, 2.75) is 32.1 Å². The zero-order valence-electron chi connectivity index (χ0n) is 9.67. The lowest BCUT2D eigenvalue weighted by molar-refractivity contribution is 0.641. The second-order valence-corrected chi connectivity index (χ2v) is 6.88. The molecule has 0 aromatic carbocycles. The monoisotopic (exact) mass is 228 g/mol. The van der Waals surface area contributed by atoms with E-state index in [9.17, 15) is 4.21 Å². The van der Waals surface area contributed by atoms with Gasteiger partial charge < -0.3 is 10.3 Å². The molecule has 15 heavy (non-hydrogen) atoms. The van der Waals surface area contributed by atoms with E-state index in [-0.39, 0.29) is 4.75 Å². The van der Waals surface area contributed by atoms with E-state index in [1.807, 2.05) is 39.2 Å². The maximum absolute atomic E-state index is 11.7. The summed E-state index contributed by atoms with van der Waals surface area (Å²) in [7, 11) is -0.756. The number of hydrogen-bond acceptors (Lipinski definition) is 2. The Kier molecular flexibility index (Phi) is 4.54. The van der Waals surface area contributed by atoms with Gasteiger partial charge in [-0.2, -0.15) is 0 Å². The smallest absolute Gasteiger partial charge is 0.0375 e. The van der Waals surface area contributed by atoms with Crippen molar-refractivity contribution in [2.75, 3.05) is 12.3 Å². The molecule has 4 heteroatoms. The largest absolute Gasteiger partial charge is 0.367 e. The predicted molar refractivity (Wildman–Crippen MR) is 65.3 cm³/mol. The lowest BCUT2D eigenvalue weighted by atomic mass is 10.3. The molecule has 0 aliphatic heterocycles. The van der Waals surface area contributed by atoms with Crippen LogP contribution in [0.2, 0.25) is 0 Å². The van der Waals surface area contributed by atoms with E-state index in [1.165, 1.54) is 5.56 Å². The van der Waals surface area contributed by atoms with Crippen molar-refractivity contribution in [1.29, 1.82) is 0 Å². The SMILES string of the molecule is CC(C)(C)S(=O)CCNCc1cc[nH]c1. The van der Waals surface area contributed by atoms with Gasteiger partial charge in [0, 0.05) is 46.8 Å². The fourth-order valence-electron chi connectivity index (χ4n) is 1.17. The molecule has 0 radical (unpaired) electrons. The van der Waals surface area contributed by atoms with Crippen molar-refractivity contribution in [1.82, 2.24) is 10.3 Å². The van der Waals surface area contributed by atoms with Crippen LogP contribution in [0.4, 0.5) is 0 Å². The van der Waals surface area contributed by atoms with Crippen LogP contribution in [0.25, 0.3) is 0 Å². The minimum absolute atomic E-state index is 0.101. The van der Waals surface area contributed by atoms with Gasteiger partial charge in [0.05, 0.1) is 0 Å². The highest BCUT2D eigenvalue weighted by atomic mass is 32.2. The molecule has 3 nitrogen and oxygen atoms in total. The van der Waals surface area contributed by atoms with Crippen molar-refractivity contribution >= 4 is 10.8 Å². The quantitative estimate of drug-likeness (QED) is 0.753. The maximum Gasteiger partial charge on any atom is 0.0375 e. The normalized spacial score (nSPS) is 14.1. The Morgan fingerprint density at radius 1 is 1.47 bits per heavy atom. The zero-order chi connectivity index (χ0) is 11.3. The molecule has 1 atom stereocenters. The number of aromatic nitrogens is 1. The summed E-state index contributed by atoms with van der Waals surface area (Å²) in [6.45, 7) is 7.67. The van der Waals surface area contributed by atoms with Crippen LogP contribution < -0.4 is 5.32 Å². The molecule has 0 aliphatic rings. The molecule has 0 spiro atoms. The molecule has 1 aromatic heterocycles. The minimum atomic E-state index is -0.756. The summed E-state index contributed by atoms with van der Waals surface area (Å²) < 4.78 is 11.6. The Morgan fingerprint density at radius 3 is 2.73 bits per heavy atom. The van der Waals surface area contributed by atoms with E-state index in [2.05, 4.69) is 10.3 Å². The average molecular weight is 228 g/mol. The van der Waals surface area contributed by atoms with E-state index >= 15 is 0 Å². The lowest BCUT2D eigenvalue weighted by Crippen LogP contribution is -2.29. The van der Waals surface area contributed by atoms with Crippen LogP contribution in [0.5, 0.6) is 0 Å². The molecule has 0 amide bonds. The van der Waals surface area contributed by atoms with Gasteiger partial charge in [-0.1, -0.05) is 0 Å². The molecule has 1 unspecified atom stereocenters. The first-order valence-corrected chi connectivity index (χ1v) is 6.53. The molecular weight excluding hydrogens is 208 g/mol. The molecule has 0 aliphatic carbocycles. The third-order valence-corrected chi connectivity index (χ3v) is 4.08. The fourth-order valence-corrected chi connectivity index (χ4v) is 2.11. The van der Waals surface area contributed by atoms with Gasteiger partial charge in [-0.15, -0.1) is 0 Å². The third-order valence-electron chi connectivity index (χ3n) is 2.14. The van der Waals surface area contributed by atoms with Crippen LogP contribution in [0.3, 0.4) is 0 Å². The topological polar surface area (TPSA) is 44.9 Å². The Hall–Kier alpha value is -0.610. The van der Waals surface area contributed by atoms with Crippen LogP contribution in [-0.2, 0) is 17.3 Å². The highest BCUT2D eigenvalue weighted by Gasteiger charge is 2.18. The number of hydrogen-bond donors (Lipinski definition) is 2. The number of aromatic amines is 1. The van der Waals surface area contributed by atoms with Gasteiger partial charge in [-0.25, -0.2) is 0 Å². The molecule has 2 N–H and O–H groups in total. The Bertz CT molecular complexity index is 301. The van der Waals surface area contributed by atoms with Gasteiger partial charge in [0.15, 0.2) is 0 Å². The zero-order valence-corrected chi connectivity index (χ0v) is 10.5.